The Kier molecular flexibility index (Phi) is 6.95. The number of nitrogens with one attached hydrogen (secondary N) is 1. The van der Waals surface area contributed by atoms with Gasteiger partial charge in [-0.25, -0.2) is 4.98 Å². The van der Waals surface area contributed by atoms with E-state index in [-0.39, 0.29) is 0 Å². The van der Waals surface area contributed by atoms with Crippen molar-refractivity contribution < 1.29 is 18.7 Å². The molecule has 2 aromatic heterocycles. The molecule has 0 saturated carbocycles. The van der Waals surface area contributed by atoms with Crippen LogP contribution in [0.4, 0.5) is 11.6 Å². The lowest BCUT2D eigenvalue weighted by atomic mass is 10.2. The maximum atomic E-state index is 6.09. The number of benzene rings is 1. The van der Waals surface area contributed by atoms with Crippen LogP contribution in [0.3, 0.4) is 0 Å². The van der Waals surface area contributed by atoms with Gasteiger partial charge in [0.05, 0.1) is 38.0 Å². The molecule has 2 aliphatic rings. The van der Waals surface area contributed by atoms with Crippen molar-refractivity contribution >= 4 is 28.8 Å². The standard InChI is InChI=1S/C23H28N6O4/c1-2-4-21-19(3-1)20(27-33-21)17-24-26-22-15-18(32-14-7-28-5-10-30-11-6-28)16-23(25-22)29-8-12-31-13-9-29/h1-4,15-17H,5-14H2,(H,25,26)/b24-17+. The Morgan fingerprint density at radius 1 is 1.03 bits per heavy atom. The van der Waals surface area contributed by atoms with Gasteiger partial charge in [-0.1, -0.05) is 17.3 Å². The molecule has 2 fully saturated rings. The van der Waals surface area contributed by atoms with Crippen LogP contribution in [0.1, 0.15) is 5.69 Å². The van der Waals surface area contributed by atoms with Crippen LogP contribution >= 0.6 is 0 Å². The van der Waals surface area contributed by atoms with Crippen molar-refractivity contribution in [1.29, 1.82) is 0 Å². The number of para-hydroxylation sites is 1. The van der Waals surface area contributed by atoms with E-state index in [0.717, 1.165) is 68.5 Å². The van der Waals surface area contributed by atoms with Gasteiger partial charge in [0.2, 0.25) is 0 Å². The minimum Gasteiger partial charge on any atom is -0.492 e. The largest absolute Gasteiger partial charge is 0.492 e. The molecule has 0 radical (unpaired) electrons. The van der Waals surface area contributed by atoms with Gasteiger partial charge in [-0.15, -0.1) is 0 Å². The van der Waals surface area contributed by atoms with Crippen molar-refractivity contribution in [3.05, 3.63) is 42.1 Å². The third-order valence-corrected chi connectivity index (χ3v) is 5.67. The van der Waals surface area contributed by atoms with Crippen molar-refractivity contribution in [3.8, 4) is 5.75 Å². The van der Waals surface area contributed by atoms with Crippen molar-refractivity contribution in [1.82, 2.24) is 15.0 Å². The molecular weight excluding hydrogens is 424 g/mol. The quantitative estimate of drug-likeness (QED) is 0.407. The van der Waals surface area contributed by atoms with Crippen molar-refractivity contribution in [3.63, 3.8) is 0 Å². The van der Waals surface area contributed by atoms with E-state index in [9.17, 15) is 0 Å². The Bertz CT molecular complexity index is 1080. The summed E-state index contributed by atoms with van der Waals surface area (Å²) in [7, 11) is 0. The SMILES string of the molecule is C(=N\Nc1cc(OCCN2CCOCC2)cc(N2CCOCC2)n1)/c1noc2ccccc12. The zero-order chi connectivity index (χ0) is 22.3. The minimum atomic E-state index is 0.597. The highest BCUT2D eigenvalue weighted by molar-refractivity contribution is 5.95. The monoisotopic (exact) mass is 452 g/mol. The van der Waals surface area contributed by atoms with Crippen molar-refractivity contribution in [2.45, 2.75) is 0 Å². The van der Waals surface area contributed by atoms with Crippen LogP contribution in [-0.4, -0.2) is 87.0 Å². The number of pyridine rings is 1. The van der Waals surface area contributed by atoms with Gasteiger partial charge in [-0.05, 0) is 12.1 Å². The Balaban J connectivity index is 1.28. The molecule has 10 nitrogen and oxygen atoms in total. The third kappa shape index (κ3) is 5.59. The second-order valence-electron chi connectivity index (χ2n) is 7.88. The molecule has 10 heteroatoms. The maximum absolute atomic E-state index is 6.09. The molecule has 0 spiro atoms. The first kappa shape index (κ1) is 21.6. The zero-order valence-corrected chi connectivity index (χ0v) is 18.5. The summed E-state index contributed by atoms with van der Waals surface area (Å²) in [5, 5.41) is 9.32. The molecule has 3 aromatic rings. The van der Waals surface area contributed by atoms with Crippen molar-refractivity contribution in [2.75, 3.05) is 76.1 Å². The van der Waals surface area contributed by atoms with E-state index in [1.54, 1.807) is 6.21 Å². The van der Waals surface area contributed by atoms with E-state index in [2.05, 4.69) is 25.5 Å². The van der Waals surface area contributed by atoms with Gasteiger partial charge in [0.1, 0.15) is 23.9 Å². The fourth-order valence-electron chi connectivity index (χ4n) is 3.86. The van der Waals surface area contributed by atoms with Gasteiger partial charge in [0.25, 0.3) is 0 Å². The summed E-state index contributed by atoms with van der Waals surface area (Å²) in [6.45, 7) is 7.85. The Labute approximate surface area is 192 Å². The van der Waals surface area contributed by atoms with E-state index < -0.39 is 0 Å². The second-order valence-corrected chi connectivity index (χ2v) is 7.88. The first-order valence-corrected chi connectivity index (χ1v) is 11.3. The van der Waals surface area contributed by atoms with E-state index in [1.807, 2.05) is 36.4 Å². The average molecular weight is 453 g/mol. The van der Waals surface area contributed by atoms with Crippen LogP contribution in [0.2, 0.25) is 0 Å². The van der Waals surface area contributed by atoms with E-state index >= 15 is 0 Å². The summed E-state index contributed by atoms with van der Waals surface area (Å²) < 4.78 is 22.3. The summed E-state index contributed by atoms with van der Waals surface area (Å²) in [4.78, 5) is 9.27. The molecule has 0 unspecified atom stereocenters. The highest BCUT2D eigenvalue weighted by atomic mass is 16.5. The first-order valence-electron chi connectivity index (χ1n) is 11.3. The highest BCUT2D eigenvalue weighted by Gasteiger charge is 2.16. The topological polar surface area (TPSA) is 97.5 Å². The highest BCUT2D eigenvalue weighted by Crippen LogP contribution is 2.24. The number of anilines is 2. The molecule has 5 rings (SSSR count). The number of hydrazone groups is 1. The molecule has 4 heterocycles. The van der Waals surface area contributed by atoms with Gasteiger partial charge >= 0.3 is 0 Å². The molecule has 0 aliphatic carbocycles. The Morgan fingerprint density at radius 2 is 1.82 bits per heavy atom. The van der Waals surface area contributed by atoms with Gasteiger partial charge < -0.3 is 23.6 Å². The lowest BCUT2D eigenvalue weighted by molar-refractivity contribution is 0.0322. The summed E-state index contributed by atoms with van der Waals surface area (Å²) in [5.74, 6) is 2.19. The predicted octanol–water partition coefficient (Wildman–Crippen LogP) is 2.22. The van der Waals surface area contributed by atoms with Crippen LogP contribution in [0.25, 0.3) is 11.0 Å². The molecule has 1 N–H and O–H groups in total. The van der Waals surface area contributed by atoms with E-state index in [1.165, 1.54) is 0 Å². The fourth-order valence-corrected chi connectivity index (χ4v) is 3.86. The second kappa shape index (κ2) is 10.6. The average Bonchev–Trinajstić information content (AvgIpc) is 3.28. The molecule has 1 aromatic carbocycles. The molecule has 174 valence electrons. The zero-order valence-electron chi connectivity index (χ0n) is 18.5. The molecule has 2 saturated heterocycles. The van der Waals surface area contributed by atoms with E-state index in [4.69, 9.17) is 23.7 Å². The van der Waals surface area contributed by atoms with Crippen LogP contribution in [-0.2, 0) is 9.47 Å². The normalized spacial score (nSPS) is 17.6. The van der Waals surface area contributed by atoms with Crippen molar-refractivity contribution in [2.24, 2.45) is 5.10 Å². The molecule has 33 heavy (non-hydrogen) atoms. The van der Waals surface area contributed by atoms with Crippen LogP contribution in [0.15, 0.2) is 46.0 Å². The van der Waals surface area contributed by atoms with Gasteiger partial charge in [-0.3, -0.25) is 10.3 Å². The van der Waals surface area contributed by atoms with Gasteiger partial charge in [0, 0.05) is 44.9 Å². The number of hydrogen-bond acceptors (Lipinski definition) is 10. The lowest BCUT2D eigenvalue weighted by Gasteiger charge is -2.28. The molecule has 2 aliphatic heterocycles. The maximum Gasteiger partial charge on any atom is 0.167 e. The van der Waals surface area contributed by atoms with Crippen LogP contribution in [0.5, 0.6) is 5.75 Å². The Morgan fingerprint density at radius 3 is 2.67 bits per heavy atom. The first-order chi connectivity index (χ1) is 16.3. The third-order valence-electron chi connectivity index (χ3n) is 5.67. The smallest absolute Gasteiger partial charge is 0.167 e. The minimum absolute atomic E-state index is 0.597. The summed E-state index contributed by atoms with van der Waals surface area (Å²) >= 11 is 0. The fraction of sp³-hybridized carbons (Fsp3) is 0.435. The number of ether oxygens (including phenoxy) is 3. The summed E-state index contributed by atoms with van der Waals surface area (Å²) in [5.41, 5.74) is 4.40. The summed E-state index contributed by atoms with van der Waals surface area (Å²) in [6, 6.07) is 11.5. The number of rotatable bonds is 8. The van der Waals surface area contributed by atoms with E-state index in [0.29, 0.717) is 31.3 Å². The Hall–Kier alpha value is -3.21. The van der Waals surface area contributed by atoms with Crippen LogP contribution < -0.4 is 15.1 Å². The van der Waals surface area contributed by atoms with Gasteiger partial charge in [-0.2, -0.15) is 5.10 Å². The lowest BCUT2D eigenvalue weighted by Crippen LogP contribution is -2.38. The number of nitrogens with zero attached hydrogens (tertiary/aromatic N) is 5. The molecule has 0 atom stereocenters. The molecular formula is C23H28N6O4. The number of aromatic nitrogens is 2. The number of morpholine rings is 2. The molecule has 0 amide bonds. The molecule has 0 bridgehead atoms. The van der Waals surface area contributed by atoms with Crippen LogP contribution in [0, 0.1) is 0 Å². The summed E-state index contributed by atoms with van der Waals surface area (Å²) in [6.07, 6.45) is 1.63. The number of fused-ring (bicyclic) bond motifs is 1. The number of hydrogen-bond donors (Lipinski definition) is 1. The predicted molar refractivity (Wildman–Crippen MR) is 125 cm³/mol. The van der Waals surface area contributed by atoms with Gasteiger partial charge in [0.15, 0.2) is 11.4 Å².